The zero-order valence-electron chi connectivity index (χ0n) is 18.4. The Morgan fingerprint density at radius 1 is 1.15 bits per heavy atom. The van der Waals surface area contributed by atoms with E-state index in [4.69, 9.17) is 9.47 Å². The van der Waals surface area contributed by atoms with Crippen LogP contribution in [-0.4, -0.2) is 47.1 Å². The van der Waals surface area contributed by atoms with E-state index < -0.39 is 4.92 Å². The molecule has 4 rings (SSSR count). The molecule has 1 atom stereocenters. The van der Waals surface area contributed by atoms with Gasteiger partial charge in [-0.3, -0.25) is 10.1 Å². The molecule has 1 aliphatic heterocycles. The average Bonchev–Trinajstić information content (AvgIpc) is 3.14. The van der Waals surface area contributed by atoms with Gasteiger partial charge in [0.25, 0.3) is 0 Å². The maximum Gasteiger partial charge on any atom is 0.409 e. The number of amides is 1. The van der Waals surface area contributed by atoms with Gasteiger partial charge in [0.2, 0.25) is 5.82 Å². The first-order valence-corrected chi connectivity index (χ1v) is 10.6. The summed E-state index contributed by atoms with van der Waals surface area (Å²) in [5.74, 6) is 1.63. The minimum Gasteiger partial charge on any atom is -0.457 e. The Labute approximate surface area is 191 Å². The number of cyclic esters (lactones) is 1. The van der Waals surface area contributed by atoms with Crippen molar-refractivity contribution >= 4 is 23.3 Å². The normalized spacial score (nSPS) is 15.3. The molecule has 0 unspecified atom stereocenters. The molecular weight excluding hydrogens is 424 g/mol. The number of nitrogens with zero attached hydrogens (tertiary/aromatic N) is 4. The lowest BCUT2D eigenvalue weighted by Crippen LogP contribution is -2.30. The molecular formula is C24H24N4O5. The van der Waals surface area contributed by atoms with Crippen LogP contribution in [0.3, 0.4) is 0 Å². The molecule has 1 aliphatic rings. The van der Waals surface area contributed by atoms with Crippen molar-refractivity contribution in [1.29, 1.82) is 0 Å². The number of ether oxygens (including phenoxy) is 2. The maximum atomic E-state index is 11.5. The van der Waals surface area contributed by atoms with Crippen LogP contribution in [0.5, 0.6) is 11.5 Å². The molecule has 1 saturated heterocycles. The number of anilines is 2. The van der Waals surface area contributed by atoms with E-state index in [1.807, 2.05) is 55.5 Å². The molecule has 0 N–H and O–H groups in total. The lowest BCUT2D eigenvalue weighted by atomic mass is 10.1. The van der Waals surface area contributed by atoms with E-state index in [2.05, 4.69) is 4.98 Å². The molecule has 0 bridgehead atoms. The largest absolute Gasteiger partial charge is 0.457 e. The van der Waals surface area contributed by atoms with Gasteiger partial charge in [-0.25, -0.2) is 9.78 Å². The summed E-state index contributed by atoms with van der Waals surface area (Å²) in [6.45, 7) is 2.83. The average molecular weight is 448 g/mol. The zero-order valence-corrected chi connectivity index (χ0v) is 18.4. The summed E-state index contributed by atoms with van der Waals surface area (Å²) in [6.07, 6.45) is 1.97. The van der Waals surface area contributed by atoms with Gasteiger partial charge in [0.15, 0.2) is 0 Å². The lowest BCUT2D eigenvalue weighted by molar-refractivity contribution is -0.384. The van der Waals surface area contributed by atoms with Crippen molar-refractivity contribution in [1.82, 2.24) is 9.88 Å². The van der Waals surface area contributed by atoms with E-state index in [0.717, 1.165) is 11.3 Å². The number of hydrogen-bond donors (Lipinski definition) is 0. The van der Waals surface area contributed by atoms with Crippen LogP contribution in [0.25, 0.3) is 0 Å². The van der Waals surface area contributed by atoms with E-state index in [-0.39, 0.29) is 17.8 Å². The van der Waals surface area contributed by atoms with Crippen molar-refractivity contribution < 1.29 is 19.2 Å². The molecule has 1 aromatic heterocycles. The Kier molecular flexibility index (Phi) is 6.39. The number of carbonyl (C=O) groups excluding carboxylic acids is 1. The first-order valence-electron chi connectivity index (χ1n) is 10.6. The van der Waals surface area contributed by atoms with Crippen molar-refractivity contribution in [2.75, 3.05) is 25.1 Å². The van der Waals surface area contributed by atoms with E-state index in [9.17, 15) is 14.9 Å². The molecule has 9 nitrogen and oxygen atoms in total. The Morgan fingerprint density at radius 3 is 2.39 bits per heavy atom. The van der Waals surface area contributed by atoms with Gasteiger partial charge in [-0.1, -0.05) is 12.1 Å². The fourth-order valence-electron chi connectivity index (χ4n) is 3.72. The van der Waals surface area contributed by atoms with E-state index in [0.29, 0.717) is 36.9 Å². The third-order valence-corrected chi connectivity index (χ3v) is 5.55. The molecule has 1 amide bonds. The third-order valence-electron chi connectivity index (χ3n) is 5.55. The van der Waals surface area contributed by atoms with Crippen LogP contribution in [0.4, 0.5) is 22.0 Å². The fourth-order valence-corrected chi connectivity index (χ4v) is 3.72. The highest BCUT2D eigenvalue weighted by Crippen LogP contribution is 2.32. The van der Waals surface area contributed by atoms with E-state index in [1.165, 1.54) is 6.07 Å². The van der Waals surface area contributed by atoms with Crippen molar-refractivity contribution in [3.63, 3.8) is 0 Å². The van der Waals surface area contributed by atoms with Crippen LogP contribution < -0.4 is 9.64 Å². The van der Waals surface area contributed by atoms with E-state index >= 15 is 0 Å². The van der Waals surface area contributed by atoms with Crippen LogP contribution in [0.15, 0.2) is 66.9 Å². The highest BCUT2D eigenvalue weighted by Gasteiger charge is 2.29. The molecule has 2 aromatic carbocycles. The molecule has 1 fully saturated rings. The quantitative estimate of drug-likeness (QED) is 0.356. The monoisotopic (exact) mass is 448 g/mol. The zero-order chi connectivity index (χ0) is 23.4. The number of hydrogen-bond acceptors (Lipinski definition) is 7. The minimum atomic E-state index is -0.429. The van der Waals surface area contributed by atoms with Crippen LogP contribution in [0, 0.1) is 10.1 Å². The summed E-state index contributed by atoms with van der Waals surface area (Å²) >= 11 is 0. The minimum absolute atomic E-state index is 0.0354. The smallest absolute Gasteiger partial charge is 0.409 e. The van der Waals surface area contributed by atoms with Crippen molar-refractivity contribution in [3.8, 4) is 11.5 Å². The number of rotatable bonds is 8. The molecule has 170 valence electrons. The number of aromatic nitrogens is 1. The first-order chi connectivity index (χ1) is 16.0. The van der Waals surface area contributed by atoms with Gasteiger partial charge in [-0.15, -0.1) is 0 Å². The number of likely N-dealkylation sites (N-methyl/N-ethyl adjacent to an activating group) is 1. The summed E-state index contributed by atoms with van der Waals surface area (Å²) in [5.41, 5.74) is 1.82. The van der Waals surface area contributed by atoms with Crippen LogP contribution in [0.2, 0.25) is 0 Å². The van der Waals surface area contributed by atoms with Gasteiger partial charge in [0.1, 0.15) is 18.1 Å². The topological polar surface area (TPSA) is 98.0 Å². The number of nitro groups is 1. The predicted molar refractivity (Wildman–Crippen MR) is 123 cm³/mol. The molecule has 0 spiro atoms. The lowest BCUT2D eigenvalue weighted by Gasteiger charge is -2.22. The standard InChI is InChI=1S/C24H24N4O5/c1-3-27(23-22(28(30)31)5-4-14-25-23)18-8-12-21(13-9-18)33-20-10-6-17(7-11-20)15-19-16-32-24(29)26(19)2/h4-14,19H,3,15-16H2,1-2H3/t19-/m0/s1. The predicted octanol–water partition coefficient (Wildman–Crippen LogP) is 4.93. The SMILES string of the molecule is CCN(c1ccc(Oc2ccc(C[C@H]3COC(=O)N3C)cc2)cc1)c1ncccc1[N+](=O)[O-]. The van der Waals surface area contributed by atoms with Gasteiger partial charge >= 0.3 is 11.8 Å². The van der Waals surface area contributed by atoms with Gasteiger partial charge in [0, 0.05) is 31.5 Å². The second-order valence-corrected chi connectivity index (χ2v) is 7.63. The molecule has 2 heterocycles. The van der Waals surface area contributed by atoms with Crippen LogP contribution in [0.1, 0.15) is 12.5 Å². The number of pyridine rings is 1. The maximum absolute atomic E-state index is 11.5. The first kappa shape index (κ1) is 22.1. The van der Waals surface area contributed by atoms with Crippen molar-refractivity contribution in [2.45, 2.75) is 19.4 Å². The Hall–Kier alpha value is -4.14. The summed E-state index contributed by atoms with van der Waals surface area (Å²) < 4.78 is 11.0. The van der Waals surface area contributed by atoms with Gasteiger partial charge in [-0.05, 0) is 61.4 Å². The van der Waals surface area contributed by atoms with E-state index in [1.54, 1.807) is 29.1 Å². The second kappa shape index (κ2) is 9.56. The molecule has 3 aromatic rings. The van der Waals surface area contributed by atoms with Crippen molar-refractivity contribution in [2.24, 2.45) is 0 Å². The van der Waals surface area contributed by atoms with Crippen LogP contribution in [-0.2, 0) is 11.2 Å². The number of carbonyl (C=O) groups is 1. The molecule has 0 saturated carbocycles. The Balaban J connectivity index is 1.43. The van der Waals surface area contributed by atoms with Crippen LogP contribution >= 0.6 is 0 Å². The van der Waals surface area contributed by atoms with Gasteiger partial charge < -0.3 is 19.3 Å². The highest BCUT2D eigenvalue weighted by molar-refractivity contribution is 5.70. The summed E-state index contributed by atoms with van der Waals surface area (Å²) in [4.78, 5) is 30.1. The summed E-state index contributed by atoms with van der Waals surface area (Å²) in [5, 5.41) is 11.4. The van der Waals surface area contributed by atoms with Gasteiger partial charge in [-0.2, -0.15) is 0 Å². The van der Waals surface area contributed by atoms with Crippen molar-refractivity contribution in [3.05, 3.63) is 82.5 Å². The molecule has 0 aliphatic carbocycles. The summed E-state index contributed by atoms with van der Waals surface area (Å²) in [6, 6.07) is 18.1. The highest BCUT2D eigenvalue weighted by atomic mass is 16.6. The number of benzene rings is 2. The summed E-state index contributed by atoms with van der Waals surface area (Å²) in [7, 11) is 1.74. The molecule has 33 heavy (non-hydrogen) atoms. The van der Waals surface area contributed by atoms with Gasteiger partial charge in [0.05, 0.1) is 11.0 Å². The fraction of sp³-hybridized carbons (Fsp3) is 0.250. The third kappa shape index (κ3) is 4.87. The Morgan fingerprint density at radius 2 is 1.82 bits per heavy atom. The Bertz CT molecular complexity index is 1130. The molecule has 0 radical (unpaired) electrons. The second-order valence-electron chi connectivity index (χ2n) is 7.63. The molecule has 9 heteroatoms.